The summed E-state index contributed by atoms with van der Waals surface area (Å²) in [6.07, 6.45) is 6.21. The van der Waals surface area contributed by atoms with Gasteiger partial charge in [0.2, 0.25) is 11.0 Å². The van der Waals surface area contributed by atoms with Crippen LogP contribution in [-0.4, -0.2) is 59.5 Å². The van der Waals surface area contributed by atoms with E-state index in [2.05, 4.69) is 25.3 Å². The average molecular weight is 428 g/mol. The van der Waals surface area contributed by atoms with Crippen LogP contribution in [0.4, 0.5) is 10.8 Å². The summed E-state index contributed by atoms with van der Waals surface area (Å²) in [5.74, 6) is 0.568. The Balaban J connectivity index is 1.23. The van der Waals surface area contributed by atoms with Crippen LogP contribution in [0.15, 0.2) is 24.3 Å². The van der Waals surface area contributed by atoms with Crippen molar-refractivity contribution in [1.29, 1.82) is 0 Å². The van der Waals surface area contributed by atoms with Crippen LogP contribution in [0.5, 0.6) is 0 Å². The monoisotopic (exact) mass is 427 g/mol. The molecule has 0 unspecified atom stereocenters. The normalized spacial score (nSPS) is 18.4. The Labute approximate surface area is 181 Å². The third kappa shape index (κ3) is 5.23. The van der Waals surface area contributed by atoms with Gasteiger partial charge in [-0.3, -0.25) is 19.8 Å². The van der Waals surface area contributed by atoms with Crippen LogP contribution in [0, 0.1) is 0 Å². The Bertz CT molecular complexity index is 868. The molecule has 0 atom stereocenters. The molecule has 2 heterocycles. The number of carbonyl (C=O) groups is 2. The highest BCUT2D eigenvalue weighted by atomic mass is 32.1. The molecule has 2 aromatic rings. The number of piperazine rings is 1. The summed E-state index contributed by atoms with van der Waals surface area (Å²) in [5.41, 5.74) is 1.85. The molecular formula is C22H29N5O2S. The Kier molecular flexibility index (Phi) is 6.74. The van der Waals surface area contributed by atoms with Crippen molar-refractivity contribution in [3.8, 4) is 0 Å². The third-order valence-corrected chi connectivity index (χ3v) is 7.02. The standard InChI is InChI=1S/C22H29N5O2S/c1-16(28)17-7-9-19(10-8-17)27-13-11-26(12-14-27)15-20(29)23-22-25-24-21(30-22)18-5-3-2-4-6-18/h7-10,18H,2-6,11-15H2,1H3,(H,23,25,29). The van der Waals surface area contributed by atoms with Crippen molar-refractivity contribution < 1.29 is 9.59 Å². The van der Waals surface area contributed by atoms with E-state index in [1.165, 1.54) is 43.4 Å². The van der Waals surface area contributed by atoms with Crippen molar-refractivity contribution in [3.05, 3.63) is 34.8 Å². The van der Waals surface area contributed by atoms with Gasteiger partial charge in [0.05, 0.1) is 6.54 Å². The molecule has 1 amide bonds. The molecule has 0 bridgehead atoms. The van der Waals surface area contributed by atoms with Gasteiger partial charge in [-0.15, -0.1) is 10.2 Å². The van der Waals surface area contributed by atoms with E-state index in [1.54, 1.807) is 6.92 Å². The van der Waals surface area contributed by atoms with Gasteiger partial charge in [0.15, 0.2) is 5.78 Å². The molecule has 1 aromatic carbocycles. The van der Waals surface area contributed by atoms with Gasteiger partial charge in [0, 0.05) is 43.3 Å². The largest absolute Gasteiger partial charge is 0.369 e. The van der Waals surface area contributed by atoms with E-state index in [-0.39, 0.29) is 11.7 Å². The van der Waals surface area contributed by atoms with Crippen LogP contribution >= 0.6 is 11.3 Å². The zero-order valence-corrected chi connectivity index (χ0v) is 18.3. The van der Waals surface area contributed by atoms with E-state index < -0.39 is 0 Å². The summed E-state index contributed by atoms with van der Waals surface area (Å²) in [6, 6.07) is 7.75. The predicted octanol–water partition coefficient (Wildman–Crippen LogP) is 3.55. The zero-order chi connectivity index (χ0) is 20.9. The van der Waals surface area contributed by atoms with Gasteiger partial charge in [-0.25, -0.2) is 0 Å². The molecule has 1 saturated carbocycles. The van der Waals surface area contributed by atoms with Crippen LogP contribution in [0.25, 0.3) is 0 Å². The van der Waals surface area contributed by atoms with Gasteiger partial charge in [0.25, 0.3) is 0 Å². The molecule has 0 spiro atoms. The second-order valence-electron chi connectivity index (χ2n) is 8.19. The number of anilines is 2. The second-order valence-corrected chi connectivity index (χ2v) is 9.20. The number of amides is 1. The molecule has 160 valence electrons. The minimum atomic E-state index is -0.0272. The first-order chi connectivity index (χ1) is 14.6. The topological polar surface area (TPSA) is 78.4 Å². The maximum Gasteiger partial charge on any atom is 0.240 e. The quantitative estimate of drug-likeness (QED) is 0.711. The predicted molar refractivity (Wildman–Crippen MR) is 119 cm³/mol. The van der Waals surface area contributed by atoms with E-state index in [9.17, 15) is 9.59 Å². The number of ketones is 1. The number of hydrogen-bond acceptors (Lipinski definition) is 7. The Morgan fingerprint density at radius 2 is 1.73 bits per heavy atom. The molecule has 1 aromatic heterocycles. The van der Waals surface area contributed by atoms with E-state index in [0.717, 1.165) is 42.4 Å². The van der Waals surface area contributed by atoms with Gasteiger partial charge in [-0.2, -0.15) is 0 Å². The molecule has 1 aliphatic carbocycles. The van der Waals surface area contributed by atoms with Crippen LogP contribution in [-0.2, 0) is 4.79 Å². The van der Waals surface area contributed by atoms with Crippen LogP contribution in [0.2, 0.25) is 0 Å². The fraction of sp³-hybridized carbons (Fsp3) is 0.545. The lowest BCUT2D eigenvalue weighted by Crippen LogP contribution is -2.48. The lowest BCUT2D eigenvalue weighted by molar-refractivity contribution is -0.117. The number of carbonyl (C=O) groups excluding carboxylic acids is 2. The van der Waals surface area contributed by atoms with Crippen molar-refractivity contribution in [2.45, 2.75) is 44.9 Å². The SMILES string of the molecule is CC(=O)c1ccc(N2CCN(CC(=O)Nc3nnc(C4CCCCC4)s3)CC2)cc1. The molecule has 4 rings (SSSR count). The highest BCUT2D eigenvalue weighted by Crippen LogP contribution is 2.35. The molecular weight excluding hydrogens is 398 g/mol. The number of benzene rings is 1. The third-order valence-electron chi connectivity index (χ3n) is 6.02. The maximum atomic E-state index is 12.5. The number of hydrogen-bond donors (Lipinski definition) is 1. The molecule has 0 radical (unpaired) electrons. The van der Waals surface area contributed by atoms with Crippen LogP contribution < -0.4 is 10.2 Å². The summed E-state index contributed by atoms with van der Waals surface area (Å²) in [7, 11) is 0. The number of nitrogens with one attached hydrogen (secondary N) is 1. The lowest BCUT2D eigenvalue weighted by Gasteiger charge is -2.35. The average Bonchev–Trinajstić information content (AvgIpc) is 3.23. The van der Waals surface area contributed by atoms with Gasteiger partial charge in [-0.1, -0.05) is 30.6 Å². The van der Waals surface area contributed by atoms with Crippen molar-refractivity contribution in [2.75, 3.05) is 42.9 Å². The summed E-state index contributed by atoms with van der Waals surface area (Å²) in [4.78, 5) is 28.3. The molecule has 2 fully saturated rings. The first kappa shape index (κ1) is 20.9. The smallest absolute Gasteiger partial charge is 0.240 e. The lowest BCUT2D eigenvalue weighted by atomic mass is 9.90. The van der Waals surface area contributed by atoms with Crippen molar-refractivity contribution in [3.63, 3.8) is 0 Å². The maximum absolute atomic E-state index is 12.5. The first-order valence-corrected chi connectivity index (χ1v) is 11.6. The first-order valence-electron chi connectivity index (χ1n) is 10.8. The summed E-state index contributed by atoms with van der Waals surface area (Å²) >= 11 is 1.53. The fourth-order valence-corrected chi connectivity index (χ4v) is 5.16. The van der Waals surface area contributed by atoms with E-state index in [0.29, 0.717) is 17.6 Å². The van der Waals surface area contributed by atoms with Gasteiger partial charge >= 0.3 is 0 Å². The summed E-state index contributed by atoms with van der Waals surface area (Å²) < 4.78 is 0. The molecule has 1 saturated heterocycles. The van der Waals surface area contributed by atoms with Crippen molar-refractivity contribution >= 4 is 33.8 Å². The van der Waals surface area contributed by atoms with E-state index in [1.807, 2.05) is 24.3 Å². The minimum Gasteiger partial charge on any atom is -0.369 e. The highest BCUT2D eigenvalue weighted by molar-refractivity contribution is 7.15. The van der Waals surface area contributed by atoms with E-state index in [4.69, 9.17) is 0 Å². The Hall–Kier alpha value is -2.32. The Morgan fingerprint density at radius 1 is 1.03 bits per heavy atom. The van der Waals surface area contributed by atoms with Gasteiger partial charge in [-0.05, 0) is 44.0 Å². The van der Waals surface area contributed by atoms with Gasteiger partial charge in [0.1, 0.15) is 5.01 Å². The molecule has 1 aliphatic heterocycles. The summed E-state index contributed by atoms with van der Waals surface area (Å²) in [5, 5.41) is 13.1. The second kappa shape index (κ2) is 9.66. The number of nitrogens with zero attached hydrogens (tertiary/aromatic N) is 4. The number of aromatic nitrogens is 2. The minimum absolute atomic E-state index is 0.0272. The van der Waals surface area contributed by atoms with Crippen molar-refractivity contribution in [2.24, 2.45) is 0 Å². The fourth-order valence-electron chi connectivity index (χ4n) is 4.23. The molecule has 30 heavy (non-hydrogen) atoms. The van der Waals surface area contributed by atoms with Crippen molar-refractivity contribution in [1.82, 2.24) is 15.1 Å². The number of rotatable bonds is 6. The Morgan fingerprint density at radius 3 is 2.40 bits per heavy atom. The number of Topliss-reactive ketones (excluding diaryl/α,β-unsaturated/α-hetero) is 1. The zero-order valence-electron chi connectivity index (χ0n) is 17.5. The molecule has 8 heteroatoms. The molecule has 2 aliphatic rings. The summed E-state index contributed by atoms with van der Waals surface area (Å²) in [6.45, 7) is 5.32. The molecule has 7 nitrogen and oxygen atoms in total. The van der Waals surface area contributed by atoms with E-state index >= 15 is 0 Å². The van der Waals surface area contributed by atoms with Crippen LogP contribution in [0.3, 0.4) is 0 Å². The molecule has 1 N–H and O–H groups in total. The van der Waals surface area contributed by atoms with Crippen LogP contribution in [0.1, 0.15) is 60.3 Å². The highest BCUT2D eigenvalue weighted by Gasteiger charge is 2.22. The van der Waals surface area contributed by atoms with Gasteiger partial charge < -0.3 is 4.90 Å².